The highest BCUT2D eigenvalue weighted by molar-refractivity contribution is 5.94. The molecule has 0 radical (unpaired) electrons. The third-order valence-electron chi connectivity index (χ3n) is 6.56. The van der Waals surface area contributed by atoms with Gasteiger partial charge in [-0.2, -0.15) is 0 Å². The van der Waals surface area contributed by atoms with Crippen LogP contribution in [0.3, 0.4) is 0 Å². The molecule has 0 saturated heterocycles. The van der Waals surface area contributed by atoms with Crippen molar-refractivity contribution >= 4 is 41.5 Å². The number of hydrogen-bond donors (Lipinski definition) is 10. The molecule has 17 nitrogen and oxygen atoms in total. The Balaban J connectivity index is 2.86. The number of aliphatic carboxylic acids is 1. The van der Waals surface area contributed by atoms with Crippen LogP contribution in [0.2, 0.25) is 0 Å². The molecule has 4 amide bonds. The van der Waals surface area contributed by atoms with Crippen LogP contribution in [0.1, 0.15) is 51.5 Å². The second-order valence-electron chi connectivity index (χ2n) is 11.1. The van der Waals surface area contributed by atoms with Gasteiger partial charge in [0.15, 0.2) is 11.9 Å². The molecule has 1 aromatic carbocycles. The summed E-state index contributed by atoms with van der Waals surface area (Å²) in [5.41, 5.74) is 28.2. The van der Waals surface area contributed by atoms with Gasteiger partial charge in [0.05, 0.1) is 12.6 Å². The van der Waals surface area contributed by atoms with E-state index in [4.69, 9.17) is 28.7 Å². The van der Waals surface area contributed by atoms with Crippen molar-refractivity contribution in [1.29, 1.82) is 0 Å². The molecule has 0 aliphatic carbocycles. The summed E-state index contributed by atoms with van der Waals surface area (Å²) in [5.74, 6) is -4.14. The highest BCUT2D eigenvalue weighted by Crippen LogP contribution is 2.08. The number of benzene rings is 1. The number of amides is 4. The minimum Gasteiger partial charge on any atom is -0.480 e. The van der Waals surface area contributed by atoms with E-state index in [2.05, 4.69) is 31.3 Å². The minimum absolute atomic E-state index is 0.0233. The van der Waals surface area contributed by atoms with Gasteiger partial charge >= 0.3 is 5.97 Å². The SMILES string of the molecule is CC(C)C[C@H](NC(=O)[C@@H](N)Cc1ccccc1)C(=O)NCC(=O)N[C@@H](CCCN=C(N)N)C(=O)N[C@@H](CCCN=C(N)N)C(=O)O. The van der Waals surface area contributed by atoms with Crippen LogP contribution in [0.15, 0.2) is 40.3 Å². The molecule has 0 spiro atoms. The van der Waals surface area contributed by atoms with E-state index in [1.807, 2.05) is 44.2 Å². The van der Waals surface area contributed by atoms with E-state index in [-0.39, 0.29) is 69.5 Å². The summed E-state index contributed by atoms with van der Waals surface area (Å²) in [6, 6.07) is 4.91. The average Bonchev–Trinajstić information content (AvgIpc) is 2.98. The van der Waals surface area contributed by atoms with Crippen LogP contribution in [0, 0.1) is 5.92 Å². The molecule has 256 valence electrons. The van der Waals surface area contributed by atoms with Gasteiger partial charge in [0, 0.05) is 13.1 Å². The summed E-state index contributed by atoms with van der Waals surface area (Å²) in [7, 11) is 0. The van der Waals surface area contributed by atoms with E-state index in [0.29, 0.717) is 0 Å². The fourth-order valence-corrected chi connectivity index (χ4v) is 4.28. The van der Waals surface area contributed by atoms with Gasteiger partial charge in [-0.1, -0.05) is 44.2 Å². The molecule has 0 aromatic heterocycles. The highest BCUT2D eigenvalue weighted by Gasteiger charge is 2.28. The van der Waals surface area contributed by atoms with Crippen molar-refractivity contribution in [3.8, 4) is 0 Å². The second-order valence-corrected chi connectivity index (χ2v) is 11.1. The first-order valence-electron chi connectivity index (χ1n) is 15.0. The zero-order valence-electron chi connectivity index (χ0n) is 26.4. The molecular weight excluding hydrogens is 598 g/mol. The quantitative estimate of drug-likeness (QED) is 0.0374. The Kier molecular flexibility index (Phi) is 17.8. The van der Waals surface area contributed by atoms with Gasteiger partial charge in [0.2, 0.25) is 23.6 Å². The molecular formula is C29H49N11O6. The van der Waals surface area contributed by atoms with Gasteiger partial charge in [-0.25, -0.2) is 4.79 Å². The molecule has 0 fully saturated rings. The molecule has 0 heterocycles. The Bertz CT molecular complexity index is 1200. The monoisotopic (exact) mass is 647 g/mol. The number of rotatable bonds is 21. The molecule has 0 unspecified atom stereocenters. The van der Waals surface area contributed by atoms with Crippen LogP contribution in [0.5, 0.6) is 0 Å². The molecule has 4 atom stereocenters. The molecule has 1 rings (SSSR count). The Hall–Kier alpha value is -4.93. The van der Waals surface area contributed by atoms with E-state index >= 15 is 0 Å². The summed E-state index contributed by atoms with van der Waals surface area (Å²) >= 11 is 0. The number of hydrogen-bond acceptors (Lipinski definition) is 8. The summed E-state index contributed by atoms with van der Waals surface area (Å²) < 4.78 is 0. The second kappa shape index (κ2) is 20.9. The average molecular weight is 648 g/mol. The van der Waals surface area contributed by atoms with Crippen molar-refractivity contribution in [3.63, 3.8) is 0 Å². The molecule has 0 aliphatic heterocycles. The minimum atomic E-state index is -1.28. The van der Waals surface area contributed by atoms with Gasteiger partial charge < -0.3 is 55.0 Å². The van der Waals surface area contributed by atoms with Gasteiger partial charge in [0.25, 0.3) is 0 Å². The molecule has 1 aromatic rings. The Morgan fingerprint density at radius 1 is 0.761 bits per heavy atom. The van der Waals surface area contributed by atoms with E-state index in [0.717, 1.165) is 5.56 Å². The number of guanidine groups is 2. The zero-order valence-corrected chi connectivity index (χ0v) is 26.4. The Labute approximate surface area is 268 Å². The fourth-order valence-electron chi connectivity index (χ4n) is 4.28. The lowest BCUT2D eigenvalue weighted by molar-refractivity contribution is -0.142. The normalized spacial score (nSPS) is 13.3. The number of carboxylic acids is 1. The highest BCUT2D eigenvalue weighted by atomic mass is 16.4. The summed E-state index contributed by atoms with van der Waals surface area (Å²) in [5, 5.41) is 19.7. The Morgan fingerprint density at radius 2 is 1.30 bits per heavy atom. The van der Waals surface area contributed by atoms with Crippen LogP contribution in [0.4, 0.5) is 0 Å². The van der Waals surface area contributed by atoms with E-state index in [9.17, 15) is 29.1 Å². The van der Waals surface area contributed by atoms with Crippen LogP contribution < -0.4 is 49.9 Å². The van der Waals surface area contributed by atoms with E-state index < -0.39 is 60.3 Å². The van der Waals surface area contributed by atoms with Crippen LogP contribution in [-0.2, 0) is 30.4 Å². The first-order chi connectivity index (χ1) is 21.7. The molecule has 0 bridgehead atoms. The first-order valence-corrected chi connectivity index (χ1v) is 15.0. The van der Waals surface area contributed by atoms with Crippen molar-refractivity contribution in [3.05, 3.63) is 35.9 Å². The Morgan fingerprint density at radius 3 is 1.83 bits per heavy atom. The number of carbonyl (C=O) groups excluding carboxylic acids is 4. The third-order valence-corrected chi connectivity index (χ3v) is 6.56. The van der Waals surface area contributed by atoms with Crippen LogP contribution >= 0.6 is 0 Å². The van der Waals surface area contributed by atoms with Gasteiger partial charge in [-0.3, -0.25) is 29.2 Å². The van der Waals surface area contributed by atoms with Crippen molar-refractivity contribution in [1.82, 2.24) is 21.3 Å². The summed E-state index contributed by atoms with van der Waals surface area (Å²) in [6.45, 7) is 3.55. The standard InChI is InChI=1S/C29H49N11O6/c1-17(2)14-22(40-24(42)19(30)15-18-8-4-3-5-9-18)25(43)37-16-23(41)38-20(10-6-12-35-28(31)32)26(44)39-21(27(45)46)11-7-13-36-29(33)34/h3-5,8-9,17,19-22H,6-7,10-16,30H2,1-2H3,(H,37,43)(H,38,41)(H,39,44)(H,40,42)(H,45,46)(H4,31,32,35)(H4,33,34,36)/t19-,20-,21-,22-/m0/s1. The van der Waals surface area contributed by atoms with Crippen LogP contribution in [0.25, 0.3) is 0 Å². The maximum Gasteiger partial charge on any atom is 0.326 e. The summed E-state index contributed by atoms with van der Waals surface area (Å²) in [6.07, 6.45) is 1.20. The lowest BCUT2D eigenvalue weighted by Gasteiger charge is -2.23. The molecule has 0 aliphatic rings. The number of carboxylic acid groups (broad SMARTS) is 1. The lowest BCUT2D eigenvalue weighted by Crippen LogP contribution is -2.55. The maximum absolute atomic E-state index is 13.1. The number of nitrogens with zero attached hydrogens (tertiary/aromatic N) is 2. The van der Waals surface area contributed by atoms with Crippen molar-refractivity contribution < 1.29 is 29.1 Å². The van der Waals surface area contributed by atoms with Gasteiger partial charge in [-0.15, -0.1) is 0 Å². The molecule has 0 saturated carbocycles. The van der Waals surface area contributed by atoms with Crippen molar-refractivity contribution in [2.24, 2.45) is 44.6 Å². The van der Waals surface area contributed by atoms with Gasteiger partial charge in [-0.05, 0) is 50.0 Å². The first kappa shape index (κ1) is 39.1. The summed E-state index contributed by atoms with van der Waals surface area (Å²) in [4.78, 5) is 71.1. The van der Waals surface area contributed by atoms with Crippen molar-refractivity contribution in [2.45, 2.75) is 76.5 Å². The number of aliphatic imine (C=N–C) groups is 2. The molecule has 15 N–H and O–H groups in total. The largest absolute Gasteiger partial charge is 0.480 e. The number of nitrogens with two attached hydrogens (primary N) is 5. The third kappa shape index (κ3) is 16.8. The predicted octanol–water partition coefficient (Wildman–Crippen LogP) is -2.64. The fraction of sp³-hybridized carbons (Fsp3) is 0.552. The van der Waals surface area contributed by atoms with Crippen molar-refractivity contribution in [2.75, 3.05) is 19.6 Å². The zero-order chi connectivity index (χ0) is 34.6. The van der Waals surface area contributed by atoms with Crippen LogP contribution in [-0.4, -0.2) is 90.4 Å². The predicted molar refractivity (Wildman–Crippen MR) is 174 cm³/mol. The maximum atomic E-state index is 13.1. The number of nitrogens with one attached hydrogen (secondary N) is 4. The molecule has 17 heteroatoms. The molecule has 46 heavy (non-hydrogen) atoms. The lowest BCUT2D eigenvalue weighted by atomic mass is 10.0. The van der Waals surface area contributed by atoms with E-state index in [1.54, 1.807) is 0 Å². The number of carbonyl (C=O) groups is 5. The van der Waals surface area contributed by atoms with E-state index in [1.165, 1.54) is 0 Å². The van der Waals surface area contributed by atoms with Gasteiger partial charge in [0.1, 0.15) is 18.1 Å². The smallest absolute Gasteiger partial charge is 0.326 e. The topological polar surface area (TPSA) is 309 Å².